The summed E-state index contributed by atoms with van der Waals surface area (Å²) in [5.41, 5.74) is 2.12. The first-order valence-electron chi connectivity index (χ1n) is 6.00. The lowest BCUT2D eigenvalue weighted by Crippen LogP contribution is -2.24. The average Bonchev–Trinajstić information content (AvgIpc) is 2.63. The van der Waals surface area contributed by atoms with E-state index in [0.717, 1.165) is 18.7 Å². The van der Waals surface area contributed by atoms with Crippen molar-refractivity contribution in [2.45, 2.75) is 39.0 Å². The molecule has 17 heavy (non-hydrogen) atoms. The second-order valence-corrected chi connectivity index (χ2v) is 5.97. The molecule has 1 aromatic carbocycles. The molecule has 0 aliphatic carbocycles. The summed E-state index contributed by atoms with van der Waals surface area (Å²) in [5.74, 6) is 0.176. The first-order valence-corrected chi connectivity index (χ1v) is 6.38. The number of carbonyl (C=O) groups excluding carboxylic acids is 1. The van der Waals surface area contributed by atoms with Gasteiger partial charge in [-0.3, -0.25) is 4.79 Å². The quantitative estimate of drug-likeness (QED) is 0.744. The molecule has 0 atom stereocenters. The molecule has 1 aromatic rings. The van der Waals surface area contributed by atoms with E-state index in [4.69, 9.17) is 11.6 Å². The van der Waals surface area contributed by atoms with Crippen molar-refractivity contribution in [2.75, 3.05) is 11.4 Å². The molecule has 1 heterocycles. The second kappa shape index (κ2) is 4.34. The Hall–Kier alpha value is -1.02. The molecule has 0 saturated carbocycles. The molecule has 0 aromatic heterocycles. The lowest BCUT2D eigenvalue weighted by atomic mass is 9.87. The van der Waals surface area contributed by atoms with Crippen molar-refractivity contribution in [3.8, 4) is 0 Å². The van der Waals surface area contributed by atoms with Crippen molar-refractivity contribution in [2.24, 2.45) is 0 Å². The Bertz CT molecular complexity index is 448. The van der Waals surface area contributed by atoms with E-state index in [0.29, 0.717) is 11.4 Å². The van der Waals surface area contributed by atoms with Gasteiger partial charge >= 0.3 is 0 Å². The summed E-state index contributed by atoms with van der Waals surface area (Å²) >= 11 is 6.29. The zero-order valence-corrected chi connectivity index (χ0v) is 11.3. The summed E-state index contributed by atoms with van der Waals surface area (Å²) in [4.78, 5) is 13.5. The van der Waals surface area contributed by atoms with E-state index < -0.39 is 0 Å². The molecule has 0 radical (unpaired) electrons. The normalized spacial score (nSPS) is 16.7. The van der Waals surface area contributed by atoms with Gasteiger partial charge in [0.1, 0.15) is 0 Å². The number of amides is 1. The fourth-order valence-electron chi connectivity index (χ4n) is 2.10. The maximum Gasteiger partial charge on any atom is 0.227 e. The number of nitrogens with zero attached hydrogens (tertiary/aromatic N) is 1. The van der Waals surface area contributed by atoms with Crippen LogP contribution in [-0.4, -0.2) is 12.5 Å². The van der Waals surface area contributed by atoms with Crippen molar-refractivity contribution in [3.05, 3.63) is 28.8 Å². The van der Waals surface area contributed by atoms with E-state index in [1.807, 2.05) is 12.1 Å². The summed E-state index contributed by atoms with van der Waals surface area (Å²) in [6, 6.07) is 6.00. The van der Waals surface area contributed by atoms with Crippen LogP contribution in [0.25, 0.3) is 0 Å². The minimum absolute atomic E-state index is 0.0805. The number of benzene rings is 1. The van der Waals surface area contributed by atoms with E-state index >= 15 is 0 Å². The summed E-state index contributed by atoms with van der Waals surface area (Å²) in [6.07, 6.45) is 1.56. The Labute approximate surface area is 108 Å². The lowest BCUT2D eigenvalue weighted by molar-refractivity contribution is -0.117. The molecule has 1 aliphatic rings. The van der Waals surface area contributed by atoms with E-state index in [9.17, 15) is 4.79 Å². The maximum atomic E-state index is 11.7. The molecule has 2 nitrogen and oxygen atoms in total. The molecule has 0 N–H and O–H groups in total. The Morgan fingerprint density at radius 2 is 2.00 bits per heavy atom. The Morgan fingerprint density at radius 1 is 1.29 bits per heavy atom. The van der Waals surface area contributed by atoms with Crippen molar-refractivity contribution < 1.29 is 4.79 Å². The summed E-state index contributed by atoms with van der Waals surface area (Å²) in [7, 11) is 0. The topological polar surface area (TPSA) is 20.3 Å². The van der Waals surface area contributed by atoms with Gasteiger partial charge in [0.15, 0.2) is 0 Å². The highest BCUT2D eigenvalue weighted by Gasteiger charge is 2.24. The van der Waals surface area contributed by atoms with Crippen LogP contribution in [0, 0.1) is 0 Å². The van der Waals surface area contributed by atoms with Crippen molar-refractivity contribution >= 4 is 23.2 Å². The SMILES string of the molecule is CC(C)(C)c1ccc(N2CCCC2=O)c(Cl)c1. The van der Waals surface area contributed by atoms with Crippen LogP contribution in [0.2, 0.25) is 5.02 Å². The highest BCUT2D eigenvalue weighted by molar-refractivity contribution is 6.34. The molecule has 1 fully saturated rings. The van der Waals surface area contributed by atoms with E-state index in [1.54, 1.807) is 4.90 Å². The summed E-state index contributed by atoms with van der Waals surface area (Å²) in [5, 5.41) is 0.674. The monoisotopic (exact) mass is 251 g/mol. The fourth-order valence-corrected chi connectivity index (χ4v) is 2.38. The molecule has 0 unspecified atom stereocenters. The smallest absolute Gasteiger partial charge is 0.227 e. The van der Waals surface area contributed by atoms with E-state index in [-0.39, 0.29) is 11.3 Å². The molecule has 1 amide bonds. The van der Waals surface area contributed by atoms with Crippen LogP contribution in [0.15, 0.2) is 18.2 Å². The van der Waals surface area contributed by atoms with Gasteiger partial charge in [0.2, 0.25) is 5.91 Å². The zero-order valence-electron chi connectivity index (χ0n) is 10.6. The van der Waals surface area contributed by atoms with Gasteiger partial charge in [0.25, 0.3) is 0 Å². The van der Waals surface area contributed by atoms with Gasteiger partial charge in [0, 0.05) is 13.0 Å². The zero-order chi connectivity index (χ0) is 12.6. The molecule has 1 aliphatic heterocycles. The molecule has 2 rings (SSSR count). The third-order valence-corrected chi connectivity index (χ3v) is 3.48. The molecule has 1 saturated heterocycles. The van der Waals surface area contributed by atoms with Crippen LogP contribution in [0.3, 0.4) is 0 Å². The third-order valence-electron chi connectivity index (χ3n) is 3.18. The van der Waals surface area contributed by atoms with E-state index in [1.165, 1.54) is 5.56 Å². The van der Waals surface area contributed by atoms with Gasteiger partial charge in [-0.25, -0.2) is 0 Å². The van der Waals surface area contributed by atoms with Gasteiger partial charge in [-0.05, 0) is 29.5 Å². The van der Waals surface area contributed by atoms with Crippen LogP contribution < -0.4 is 4.90 Å². The average molecular weight is 252 g/mol. The third kappa shape index (κ3) is 2.47. The first kappa shape index (κ1) is 12.4. The first-order chi connectivity index (χ1) is 7.89. The van der Waals surface area contributed by atoms with Crippen LogP contribution >= 0.6 is 11.6 Å². The molecular formula is C14H18ClNO. The minimum Gasteiger partial charge on any atom is -0.311 e. The predicted octanol–water partition coefficient (Wildman–Crippen LogP) is 3.76. The highest BCUT2D eigenvalue weighted by Crippen LogP contribution is 2.33. The minimum atomic E-state index is 0.0805. The van der Waals surface area contributed by atoms with Crippen LogP contribution in [-0.2, 0) is 10.2 Å². The molecule has 0 spiro atoms. The van der Waals surface area contributed by atoms with Gasteiger partial charge in [0.05, 0.1) is 10.7 Å². The van der Waals surface area contributed by atoms with Crippen molar-refractivity contribution in [1.29, 1.82) is 0 Å². The highest BCUT2D eigenvalue weighted by atomic mass is 35.5. The maximum absolute atomic E-state index is 11.7. The number of carbonyl (C=O) groups is 1. The van der Waals surface area contributed by atoms with Gasteiger partial charge in [-0.1, -0.05) is 38.4 Å². The van der Waals surface area contributed by atoms with Gasteiger partial charge in [-0.2, -0.15) is 0 Å². The fraction of sp³-hybridized carbons (Fsp3) is 0.500. The van der Waals surface area contributed by atoms with Gasteiger partial charge < -0.3 is 4.90 Å². The standard InChI is InChI=1S/C14H18ClNO/c1-14(2,3)10-6-7-12(11(15)9-10)16-8-4-5-13(16)17/h6-7,9H,4-5,8H2,1-3H3. The Kier molecular flexibility index (Phi) is 3.17. The Balaban J connectivity index is 2.35. The van der Waals surface area contributed by atoms with E-state index in [2.05, 4.69) is 26.8 Å². The van der Waals surface area contributed by atoms with Crippen LogP contribution in [0.5, 0.6) is 0 Å². The molecular weight excluding hydrogens is 234 g/mol. The van der Waals surface area contributed by atoms with Crippen molar-refractivity contribution in [3.63, 3.8) is 0 Å². The predicted molar refractivity (Wildman–Crippen MR) is 71.7 cm³/mol. The number of halogens is 1. The van der Waals surface area contributed by atoms with Gasteiger partial charge in [-0.15, -0.1) is 0 Å². The number of anilines is 1. The van der Waals surface area contributed by atoms with Crippen LogP contribution in [0.4, 0.5) is 5.69 Å². The second-order valence-electron chi connectivity index (χ2n) is 5.57. The van der Waals surface area contributed by atoms with Crippen molar-refractivity contribution in [1.82, 2.24) is 0 Å². The number of hydrogen-bond donors (Lipinski definition) is 0. The summed E-state index contributed by atoms with van der Waals surface area (Å²) in [6.45, 7) is 7.24. The largest absolute Gasteiger partial charge is 0.311 e. The lowest BCUT2D eigenvalue weighted by Gasteiger charge is -2.22. The summed E-state index contributed by atoms with van der Waals surface area (Å²) < 4.78 is 0. The number of hydrogen-bond acceptors (Lipinski definition) is 1. The molecule has 3 heteroatoms. The molecule has 92 valence electrons. The number of rotatable bonds is 1. The van der Waals surface area contributed by atoms with Crippen LogP contribution in [0.1, 0.15) is 39.2 Å². The Morgan fingerprint density at radius 3 is 2.47 bits per heavy atom. The molecule has 0 bridgehead atoms.